The molecule has 26 heavy (non-hydrogen) atoms. The minimum atomic E-state index is -0.349. The van der Waals surface area contributed by atoms with E-state index in [1.54, 1.807) is 13.4 Å². The zero-order valence-corrected chi connectivity index (χ0v) is 15.5. The highest BCUT2D eigenvalue weighted by molar-refractivity contribution is 5.88. The first-order valence-electron chi connectivity index (χ1n) is 9.58. The van der Waals surface area contributed by atoms with Crippen LogP contribution in [0.5, 0.6) is 0 Å². The maximum Gasteiger partial charge on any atom is 0.227 e. The average Bonchev–Trinajstić information content (AvgIpc) is 3.23. The van der Waals surface area contributed by atoms with E-state index in [2.05, 4.69) is 19.1 Å². The van der Waals surface area contributed by atoms with Gasteiger partial charge in [0.25, 0.3) is 0 Å². The molecule has 0 bridgehead atoms. The van der Waals surface area contributed by atoms with Gasteiger partial charge in [-0.05, 0) is 49.8 Å². The molecular formula is C21H27NO4. The van der Waals surface area contributed by atoms with E-state index in [0.29, 0.717) is 19.4 Å². The number of benzene rings is 1. The van der Waals surface area contributed by atoms with Gasteiger partial charge in [0.2, 0.25) is 5.91 Å². The van der Waals surface area contributed by atoms with Gasteiger partial charge in [0, 0.05) is 24.6 Å². The molecule has 140 valence electrons. The number of aliphatic hydroxyl groups excluding tert-OH is 1. The van der Waals surface area contributed by atoms with E-state index in [1.165, 1.54) is 5.56 Å². The molecule has 0 spiro atoms. The monoisotopic (exact) mass is 357 g/mol. The summed E-state index contributed by atoms with van der Waals surface area (Å²) in [7, 11) is 1.73. The van der Waals surface area contributed by atoms with Crippen LogP contribution < -0.4 is 0 Å². The highest BCUT2D eigenvalue weighted by Gasteiger charge is 2.52. The van der Waals surface area contributed by atoms with Crippen molar-refractivity contribution in [1.29, 1.82) is 0 Å². The van der Waals surface area contributed by atoms with Crippen molar-refractivity contribution in [2.45, 2.75) is 63.2 Å². The van der Waals surface area contributed by atoms with Gasteiger partial charge in [-0.2, -0.15) is 0 Å². The lowest BCUT2D eigenvalue weighted by Crippen LogP contribution is -2.53. The van der Waals surface area contributed by atoms with Gasteiger partial charge in [-0.3, -0.25) is 4.79 Å². The second-order valence-electron chi connectivity index (χ2n) is 7.67. The lowest BCUT2D eigenvalue weighted by molar-refractivity contribution is -0.139. The molecule has 1 aromatic heterocycles. The number of amides is 1. The molecule has 1 aliphatic carbocycles. The number of rotatable bonds is 4. The molecule has 0 radical (unpaired) electrons. The number of furan rings is 1. The summed E-state index contributed by atoms with van der Waals surface area (Å²) in [6, 6.07) is 6.13. The fraction of sp³-hybridized carbons (Fsp3) is 0.571. The number of ether oxygens (including phenoxy) is 1. The van der Waals surface area contributed by atoms with Crippen molar-refractivity contribution in [3.05, 3.63) is 35.6 Å². The lowest BCUT2D eigenvalue weighted by Gasteiger charge is -2.42. The van der Waals surface area contributed by atoms with Gasteiger partial charge in [0.1, 0.15) is 5.58 Å². The Bertz CT molecular complexity index is 813. The maximum absolute atomic E-state index is 13.1. The first-order valence-corrected chi connectivity index (χ1v) is 9.58. The van der Waals surface area contributed by atoms with Crippen molar-refractivity contribution >= 4 is 16.9 Å². The molecule has 2 aliphatic rings. The molecule has 0 unspecified atom stereocenters. The van der Waals surface area contributed by atoms with Gasteiger partial charge in [-0.15, -0.1) is 0 Å². The third kappa shape index (κ3) is 2.83. The van der Waals surface area contributed by atoms with Gasteiger partial charge in [0.15, 0.2) is 0 Å². The van der Waals surface area contributed by atoms with Crippen LogP contribution in [0.2, 0.25) is 0 Å². The minimum absolute atomic E-state index is 0.0342. The first kappa shape index (κ1) is 17.6. The van der Waals surface area contributed by atoms with E-state index in [0.717, 1.165) is 42.2 Å². The normalized spacial score (nSPS) is 28.5. The molecule has 1 aliphatic heterocycles. The Morgan fingerprint density at radius 1 is 1.42 bits per heavy atom. The Kier molecular flexibility index (Phi) is 4.53. The Morgan fingerprint density at radius 3 is 3.04 bits per heavy atom. The number of aryl methyl sites for hydroxylation is 1. The van der Waals surface area contributed by atoms with Crippen LogP contribution in [0.15, 0.2) is 28.9 Å². The summed E-state index contributed by atoms with van der Waals surface area (Å²) < 4.78 is 11.5. The molecule has 4 rings (SSSR count). The third-order valence-electron chi connectivity index (χ3n) is 6.35. The van der Waals surface area contributed by atoms with Crippen LogP contribution in [0.25, 0.3) is 11.0 Å². The second-order valence-corrected chi connectivity index (χ2v) is 7.67. The SMILES string of the molecule is CCc1ccc2occ(CC(=O)N3CC[C@]4(OC)CC[C@@H](O)C[C@H]34)c2c1. The summed E-state index contributed by atoms with van der Waals surface area (Å²) in [4.78, 5) is 15.0. The number of methoxy groups -OCH3 is 1. The zero-order chi connectivity index (χ0) is 18.3. The summed E-state index contributed by atoms with van der Waals surface area (Å²) >= 11 is 0. The Balaban J connectivity index is 1.57. The molecule has 2 heterocycles. The van der Waals surface area contributed by atoms with Crippen molar-refractivity contribution in [2.24, 2.45) is 0 Å². The molecule has 3 atom stereocenters. The Morgan fingerprint density at radius 2 is 2.27 bits per heavy atom. The molecule has 2 aromatic rings. The summed E-state index contributed by atoms with van der Waals surface area (Å²) in [5.74, 6) is 0.0904. The maximum atomic E-state index is 13.1. The molecule has 1 saturated heterocycles. The highest BCUT2D eigenvalue weighted by Crippen LogP contribution is 2.42. The molecule has 5 nitrogen and oxygen atoms in total. The van der Waals surface area contributed by atoms with E-state index in [4.69, 9.17) is 9.15 Å². The fourth-order valence-electron chi connectivity index (χ4n) is 4.73. The molecule has 2 fully saturated rings. The summed E-state index contributed by atoms with van der Waals surface area (Å²) in [6.45, 7) is 2.81. The van der Waals surface area contributed by atoms with Crippen LogP contribution in [0.4, 0.5) is 0 Å². The largest absolute Gasteiger partial charge is 0.464 e. The van der Waals surface area contributed by atoms with Crippen molar-refractivity contribution in [3.8, 4) is 0 Å². The number of carbonyl (C=O) groups excluding carboxylic acids is 1. The quantitative estimate of drug-likeness (QED) is 0.913. The van der Waals surface area contributed by atoms with E-state index >= 15 is 0 Å². The van der Waals surface area contributed by atoms with Crippen molar-refractivity contribution in [3.63, 3.8) is 0 Å². The van der Waals surface area contributed by atoms with Crippen LogP contribution in [-0.4, -0.2) is 47.3 Å². The minimum Gasteiger partial charge on any atom is -0.464 e. The lowest BCUT2D eigenvalue weighted by atomic mass is 9.79. The van der Waals surface area contributed by atoms with Crippen molar-refractivity contribution in [2.75, 3.05) is 13.7 Å². The number of likely N-dealkylation sites (tertiary alicyclic amines) is 1. The van der Waals surface area contributed by atoms with E-state index in [1.807, 2.05) is 11.0 Å². The highest BCUT2D eigenvalue weighted by atomic mass is 16.5. The molecule has 1 N–H and O–H groups in total. The molecule has 5 heteroatoms. The molecule has 1 aromatic carbocycles. The zero-order valence-electron chi connectivity index (χ0n) is 15.5. The number of nitrogens with zero attached hydrogens (tertiary/aromatic N) is 1. The van der Waals surface area contributed by atoms with Gasteiger partial charge in [-0.25, -0.2) is 0 Å². The molecular weight excluding hydrogens is 330 g/mol. The smallest absolute Gasteiger partial charge is 0.227 e. The van der Waals surface area contributed by atoms with Gasteiger partial charge in [-0.1, -0.05) is 13.0 Å². The predicted molar refractivity (Wildman–Crippen MR) is 99.0 cm³/mol. The Labute approximate surface area is 153 Å². The van der Waals surface area contributed by atoms with Crippen LogP contribution >= 0.6 is 0 Å². The third-order valence-corrected chi connectivity index (χ3v) is 6.35. The van der Waals surface area contributed by atoms with E-state index < -0.39 is 0 Å². The van der Waals surface area contributed by atoms with Gasteiger partial charge >= 0.3 is 0 Å². The van der Waals surface area contributed by atoms with E-state index in [9.17, 15) is 9.90 Å². The van der Waals surface area contributed by atoms with Gasteiger partial charge in [0.05, 0.1) is 30.4 Å². The Hall–Kier alpha value is -1.85. The second kappa shape index (κ2) is 6.71. The standard InChI is InChI=1S/C21H27NO4/c1-3-14-4-5-18-17(10-14)15(13-26-18)11-20(24)22-9-8-21(25-2)7-6-16(23)12-19(21)22/h4-5,10,13,16,19,23H,3,6-9,11-12H2,1-2H3/t16-,19+,21-/m1/s1. The number of hydrogen-bond acceptors (Lipinski definition) is 4. The summed E-state index contributed by atoms with van der Waals surface area (Å²) in [5, 5.41) is 11.1. The first-order chi connectivity index (χ1) is 12.6. The molecule has 1 amide bonds. The number of hydrogen-bond donors (Lipinski definition) is 1. The molecule has 1 saturated carbocycles. The van der Waals surface area contributed by atoms with Gasteiger partial charge < -0.3 is 19.2 Å². The van der Waals surface area contributed by atoms with Crippen LogP contribution in [-0.2, 0) is 22.4 Å². The topological polar surface area (TPSA) is 62.9 Å². The average molecular weight is 357 g/mol. The van der Waals surface area contributed by atoms with Crippen molar-refractivity contribution in [1.82, 2.24) is 4.90 Å². The van der Waals surface area contributed by atoms with Crippen LogP contribution in [0, 0.1) is 0 Å². The number of aliphatic hydroxyl groups is 1. The number of carbonyl (C=O) groups is 1. The fourth-order valence-corrected chi connectivity index (χ4v) is 4.73. The van der Waals surface area contributed by atoms with E-state index in [-0.39, 0.29) is 23.7 Å². The predicted octanol–water partition coefficient (Wildman–Crippen LogP) is 3.07. The van der Waals surface area contributed by atoms with Crippen molar-refractivity contribution < 1.29 is 19.1 Å². The summed E-state index contributed by atoms with van der Waals surface area (Å²) in [6.07, 6.45) is 5.65. The van der Waals surface area contributed by atoms with Crippen LogP contribution in [0.1, 0.15) is 43.7 Å². The summed E-state index contributed by atoms with van der Waals surface area (Å²) in [5.41, 5.74) is 2.71. The van der Waals surface area contributed by atoms with Crippen LogP contribution in [0.3, 0.4) is 0 Å². The number of fused-ring (bicyclic) bond motifs is 2.